The number of likely N-dealkylation sites (tertiary alicyclic amines) is 1. The molecule has 3 heterocycles. The second-order valence-corrected chi connectivity index (χ2v) is 8.37. The fourth-order valence-electron chi connectivity index (χ4n) is 3.51. The Morgan fingerprint density at radius 3 is 2.58 bits per heavy atom. The van der Waals surface area contributed by atoms with Gasteiger partial charge in [-0.2, -0.15) is 0 Å². The van der Waals surface area contributed by atoms with E-state index in [0.29, 0.717) is 28.3 Å². The molecule has 0 bridgehead atoms. The lowest BCUT2D eigenvalue weighted by Gasteiger charge is -2.31. The number of ether oxygens (including phenoxy) is 3. The molecule has 0 spiro atoms. The van der Waals surface area contributed by atoms with Crippen molar-refractivity contribution in [3.63, 3.8) is 0 Å². The molecule has 10 heteroatoms. The van der Waals surface area contributed by atoms with Crippen LogP contribution in [0.25, 0.3) is 0 Å². The fourth-order valence-corrected chi connectivity index (χ4v) is 3.83. The van der Waals surface area contributed by atoms with Crippen LogP contribution in [-0.2, 0) is 17.9 Å². The minimum atomic E-state index is -0.477. The van der Waals surface area contributed by atoms with E-state index in [4.69, 9.17) is 37.1 Å². The summed E-state index contributed by atoms with van der Waals surface area (Å²) >= 11 is 12.0. The number of esters is 1. The number of rotatable bonds is 8. The maximum atomic E-state index is 11.5. The standard InChI is InChI=1S/C23H23Cl2N3O5/c1-30-23(29)20-5-3-17(32-20)13-28-10-6-16(7-11-28)33-22-21(26-8-9-27-22)31-14-15-2-4-18(24)19(25)12-15/h2-5,8-9,12,16H,6-7,10-11,13-14H2,1H3. The van der Waals surface area contributed by atoms with E-state index in [1.807, 2.05) is 6.07 Å². The summed E-state index contributed by atoms with van der Waals surface area (Å²) in [6.07, 6.45) is 4.76. The average Bonchev–Trinajstić information content (AvgIpc) is 3.30. The first kappa shape index (κ1) is 23.4. The summed E-state index contributed by atoms with van der Waals surface area (Å²) in [6.45, 7) is 2.52. The van der Waals surface area contributed by atoms with E-state index in [0.717, 1.165) is 37.3 Å². The maximum absolute atomic E-state index is 11.5. The molecule has 1 saturated heterocycles. The minimum absolute atomic E-state index is 0.00694. The normalized spacial score (nSPS) is 14.8. The van der Waals surface area contributed by atoms with Crippen molar-refractivity contribution in [1.29, 1.82) is 0 Å². The zero-order chi connectivity index (χ0) is 23.2. The molecule has 1 aliphatic rings. The Balaban J connectivity index is 1.29. The third-order valence-electron chi connectivity index (χ3n) is 5.23. The third kappa shape index (κ3) is 6.16. The number of aromatic nitrogens is 2. The van der Waals surface area contributed by atoms with E-state index < -0.39 is 5.97 Å². The van der Waals surface area contributed by atoms with Crippen molar-refractivity contribution in [3.05, 3.63) is 69.9 Å². The van der Waals surface area contributed by atoms with Gasteiger partial charge in [-0.1, -0.05) is 29.3 Å². The predicted octanol–water partition coefficient (Wildman–Crippen LogP) is 4.79. The fraction of sp³-hybridized carbons (Fsp3) is 0.348. The first-order valence-corrected chi connectivity index (χ1v) is 11.2. The zero-order valence-electron chi connectivity index (χ0n) is 18.0. The Kier molecular flexibility index (Phi) is 7.69. The number of furan rings is 1. The second kappa shape index (κ2) is 10.9. The molecule has 0 aliphatic carbocycles. The van der Waals surface area contributed by atoms with Gasteiger partial charge in [0.05, 0.1) is 23.7 Å². The lowest BCUT2D eigenvalue weighted by atomic mass is 10.1. The van der Waals surface area contributed by atoms with Crippen LogP contribution in [0.15, 0.2) is 47.1 Å². The molecular weight excluding hydrogens is 469 g/mol. The van der Waals surface area contributed by atoms with Crippen LogP contribution < -0.4 is 9.47 Å². The second-order valence-electron chi connectivity index (χ2n) is 7.55. The van der Waals surface area contributed by atoms with Gasteiger partial charge in [0.1, 0.15) is 18.5 Å². The molecule has 0 atom stereocenters. The first-order valence-electron chi connectivity index (χ1n) is 10.5. The summed E-state index contributed by atoms with van der Waals surface area (Å²) in [4.78, 5) is 22.4. The molecule has 1 aromatic carbocycles. The van der Waals surface area contributed by atoms with Crippen molar-refractivity contribution in [1.82, 2.24) is 14.9 Å². The molecular formula is C23H23Cl2N3O5. The number of carbonyl (C=O) groups is 1. The Morgan fingerprint density at radius 1 is 1.09 bits per heavy atom. The van der Waals surface area contributed by atoms with Crippen molar-refractivity contribution < 1.29 is 23.4 Å². The summed E-state index contributed by atoms with van der Waals surface area (Å²) in [5, 5.41) is 0.961. The van der Waals surface area contributed by atoms with Crippen LogP contribution in [0, 0.1) is 0 Å². The summed E-state index contributed by atoms with van der Waals surface area (Å²) in [7, 11) is 1.33. The first-order chi connectivity index (χ1) is 16.0. The van der Waals surface area contributed by atoms with Gasteiger partial charge in [-0.25, -0.2) is 14.8 Å². The molecule has 1 fully saturated rings. The Bertz CT molecular complexity index is 1100. The topological polar surface area (TPSA) is 86.9 Å². The SMILES string of the molecule is COC(=O)c1ccc(CN2CCC(Oc3nccnc3OCc3ccc(Cl)c(Cl)c3)CC2)o1. The predicted molar refractivity (Wildman–Crippen MR) is 122 cm³/mol. The Morgan fingerprint density at radius 2 is 1.85 bits per heavy atom. The van der Waals surface area contributed by atoms with Crippen molar-refractivity contribution in [3.8, 4) is 11.8 Å². The smallest absolute Gasteiger partial charge is 0.373 e. The molecule has 174 valence electrons. The maximum Gasteiger partial charge on any atom is 0.373 e. The lowest BCUT2D eigenvalue weighted by Crippen LogP contribution is -2.37. The van der Waals surface area contributed by atoms with Crippen LogP contribution in [0.4, 0.5) is 0 Å². The molecule has 8 nitrogen and oxygen atoms in total. The molecule has 1 aliphatic heterocycles. The molecule has 0 amide bonds. The van der Waals surface area contributed by atoms with Gasteiger partial charge in [0, 0.05) is 25.5 Å². The number of carbonyl (C=O) groups excluding carboxylic acids is 1. The van der Waals surface area contributed by atoms with Crippen molar-refractivity contribution >= 4 is 29.2 Å². The van der Waals surface area contributed by atoms with E-state index in [9.17, 15) is 4.79 Å². The Hall–Kier alpha value is -2.81. The molecule has 33 heavy (non-hydrogen) atoms. The summed E-state index contributed by atoms with van der Waals surface area (Å²) in [5.74, 6) is 1.15. The van der Waals surface area contributed by atoms with E-state index >= 15 is 0 Å². The number of piperidine rings is 1. The van der Waals surface area contributed by atoms with Crippen LogP contribution in [0.1, 0.15) is 34.7 Å². The zero-order valence-corrected chi connectivity index (χ0v) is 19.5. The van der Waals surface area contributed by atoms with Gasteiger partial charge in [0.25, 0.3) is 11.8 Å². The highest BCUT2D eigenvalue weighted by atomic mass is 35.5. The highest BCUT2D eigenvalue weighted by Gasteiger charge is 2.24. The minimum Gasteiger partial charge on any atom is -0.470 e. The largest absolute Gasteiger partial charge is 0.470 e. The third-order valence-corrected chi connectivity index (χ3v) is 5.97. The van der Waals surface area contributed by atoms with E-state index in [-0.39, 0.29) is 18.5 Å². The molecule has 0 radical (unpaired) electrons. The van der Waals surface area contributed by atoms with Crippen LogP contribution in [0.3, 0.4) is 0 Å². The van der Waals surface area contributed by atoms with E-state index in [1.54, 1.807) is 36.7 Å². The highest BCUT2D eigenvalue weighted by Crippen LogP contribution is 2.27. The summed E-state index contributed by atoms with van der Waals surface area (Å²) in [6, 6.07) is 8.75. The monoisotopic (exact) mass is 491 g/mol. The number of hydrogen-bond acceptors (Lipinski definition) is 8. The van der Waals surface area contributed by atoms with Gasteiger partial charge in [0.2, 0.25) is 5.76 Å². The molecule has 2 aromatic heterocycles. The molecule has 0 unspecified atom stereocenters. The molecule has 3 aromatic rings. The van der Waals surface area contributed by atoms with E-state index in [2.05, 4.69) is 19.6 Å². The quantitative estimate of drug-likeness (QED) is 0.415. The van der Waals surface area contributed by atoms with Crippen molar-refractivity contribution in [2.75, 3.05) is 20.2 Å². The average molecular weight is 492 g/mol. The lowest BCUT2D eigenvalue weighted by molar-refractivity contribution is 0.0557. The summed E-state index contributed by atoms with van der Waals surface area (Å²) in [5.41, 5.74) is 0.864. The van der Waals surface area contributed by atoms with Crippen molar-refractivity contribution in [2.45, 2.75) is 32.1 Å². The number of hydrogen-bond donors (Lipinski definition) is 0. The molecule has 4 rings (SSSR count). The van der Waals surface area contributed by atoms with Gasteiger partial charge >= 0.3 is 5.97 Å². The van der Waals surface area contributed by atoms with Crippen LogP contribution >= 0.6 is 23.2 Å². The Labute approximate surface area is 201 Å². The van der Waals surface area contributed by atoms with Gasteiger partial charge in [-0.3, -0.25) is 4.90 Å². The van der Waals surface area contributed by atoms with Gasteiger partial charge in [-0.15, -0.1) is 0 Å². The summed E-state index contributed by atoms with van der Waals surface area (Å²) < 4.78 is 22.2. The van der Waals surface area contributed by atoms with Crippen LogP contribution in [0.5, 0.6) is 11.8 Å². The number of benzene rings is 1. The van der Waals surface area contributed by atoms with Gasteiger partial charge < -0.3 is 18.6 Å². The van der Waals surface area contributed by atoms with Crippen LogP contribution in [0.2, 0.25) is 10.0 Å². The molecule has 0 saturated carbocycles. The van der Waals surface area contributed by atoms with E-state index in [1.165, 1.54) is 7.11 Å². The number of nitrogens with zero attached hydrogens (tertiary/aromatic N) is 3. The van der Waals surface area contributed by atoms with Crippen LogP contribution in [-0.4, -0.2) is 47.1 Å². The van der Waals surface area contributed by atoms with Crippen molar-refractivity contribution in [2.24, 2.45) is 0 Å². The highest BCUT2D eigenvalue weighted by molar-refractivity contribution is 6.42. The molecule has 0 N–H and O–H groups in total. The van der Waals surface area contributed by atoms with Gasteiger partial charge in [-0.05, 0) is 42.7 Å². The number of methoxy groups -OCH3 is 1. The van der Waals surface area contributed by atoms with Gasteiger partial charge in [0.15, 0.2) is 0 Å². The number of halogens is 2.